The topological polar surface area (TPSA) is 49.8 Å². The van der Waals surface area contributed by atoms with Crippen LogP contribution in [0.2, 0.25) is 0 Å². The molecule has 2 rings (SSSR count). The van der Waals surface area contributed by atoms with Gasteiger partial charge in [0.15, 0.2) is 0 Å². The van der Waals surface area contributed by atoms with E-state index < -0.39 is 17.8 Å². The minimum Gasteiger partial charge on any atom is -0.373 e. The molecule has 1 heterocycles. The fourth-order valence-electron chi connectivity index (χ4n) is 1.62. The van der Waals surface area contributed by atoms with Crippen molar-refractivity contribution < 1.29 is 17.6 Å². The van der Waals surface area contributed by atoms with Crippen LogP contribution in [0.25, 0.3) is 0 Å². The lowest BCUT2D eigenvalue weighted by Gasteiger charge is -2.11. The van der Waals surface area contributed by atoms with Crippen molar-refractivity contribution in [2.24, 2.45) is 0 Å². The summed E-state index contributed by atoms with van der Waals surface area (Å²) in [6, 6.07) is 7.30. The summed E-state index contributed by atoms with van der Waals surface area (Å²) in [5.74, 6) is -1.72. The van der Waals surface area contributed by atoms with Gasteiger partial charge in [-0.3, -0.25) is 0 Å². The van der Waals surface area contributed by atoms with E-state index in [1.54, 1.807) is 6.07 Å². The van der Waals surface area contributed by atoms with E-state index in [0.717, 1.165) is 0 Å². The summed E-state index contributed by atoms with van der Waals surface area (Å²) in [5, 5.41) is 5.18. The van der Waals surface area contributed by atoms with Crippen molar-refractivity contribution in [3.8, 4) is 0 Å². The summed E-state index contributed by atoms with van der Waals surface area (Å²) in [7, 11) is 1.45. The van der Waals surface area contributed by atoms with Crippen molar-refractivity contribution in [2.75, 3.05) is 17.7 Å². The predicted molar refractivity (Wildman–Crippen MR) is 70.3 cm³/mol. The van der Waals surface area contributed by atoms with Gasteiger partial charge in [0.05, 0.1) is 0 Å². The largest absolute Gasteiger partial charge is 0.451 e. The maximum absolute atomic E-state index is 13.4. The van der Waals surface area contributed by atoms with E-state index in [0.29, 0.717) is 5.56 Å². The summed E-state index contributed by atoms with van der Waals surface area (Å²) >= 11 is 0. The normalized spacial score (nSPS) is 11.3. The Morgan fingerprint density at radius 1 is 1.10 bits per heavy atom. The maximum Gasteiger partial charge on any atom is 0.451 e. The Morgan fingerprint density at radius 2 is 1.76 bits per heavy atom. The standard InChI is InChI=1S/C13H12F4N4/c1-18-10-6-11(21-12(20-10)13(15,16)17)19-7-8-4-2-3-5-9(8)14/h2-6H,7H2,1H3,(H2,18,19,20,21). The van der Waals surface area contributed by atoms with E-state index in [1.807, 2.05) is 0 Å². The third-order valence-electron chi connectivity index (χ3n) is 2.65. The van der Waals surface area contributed by atoms with Gasteiger partial charge in [-0.15, -0.1) is 0 Å². The molecular formula is C13H12F4N4. The van der Waals surface area contributed by atoms with Crippen molar-refractivity contribution >= 4 is 11.6 Å². The molecule has 0 radical (unpaired) electrons. The third-order valence-corrected chi connectivity index (χ3v) is 2.65. The molecular weight excluding hydrogens is 288 g/mol. The van der Waals surface area contributed by atoms with Crippen LogP contribution in [0.1, 0.15) is 11.4 Å². The van der Waals surface area contributed by atoms with Crippen LogP contribution >= 0.6 is 0 Å². The lowest BCUT2D eigenvalue weighted by atomic mass is 10.2. The zero-order chi connectivity index (χ0) is 15.5. The van der Waals surface area contributed by atoms with Crippen LogP contribution < -0.4 is 10.6 Å². The van der Waals surface area contributed by atoms with Crippen LogP contribution in [0.3, 0.4) is 0 Å². The second-order valence-corrected chi connectivity index (χ2v) is 4.15. The first-order chi connectivity index (χ1) is 9.90. The Bertz CT molecular complexity index is 628. The lowest BCUT2D eigenvalue weighted by Crippen LogP contribution is -2.14. The molecule has 0 atom stereocenters. The predicted octanol–water partition coefficient (Wildman–Crippen LogP) is 3.29. The molecule has 0 saturated heterocycles. The molecule has 4 nitrogen and oxygen atoms in total. The minimum absolute atomic E-state index is 0.0180. The Labute approximate surface area is 118 Å². The molecule has 112 valence electrons. The van der Waals surface area contributed by atoms with Gasteiger partial charge in [-0.05, 0) is 6.07 Å². The number of nitrogens with zero attached hydrogens (tertiary/aromatic N) is 2. The number of aromatic nitrogens is 2. The van der Waals surface area contributed by atoms with Crippen molar-refractivity contribution in [3.05, 3.63) is 47.5 Å². The lowest BCUT2D eigenvalue weighted by molar-refractivity contribution is -0.144. The SMILES string of the molecule is CNc1cc(NCc2ccccc2F)nc(C(F)(F)F)n1. The van der Waals surface area contributed by atoms with Crippen LogP contribution in [-0.2, 0) is 12.7 Å². The van der Waals surface area contributed by atoms with Gasteiger partial charge in [-0.2, -0.15) is 13.2 Å². The number of nitrogens with one attached hydrogen (secondary N) is 2. The Morgan fingerprint density at radius 3 is 2.38 bits per heavy atom. The second-order valence-electron chi connectivity index (χ2n) is 4.15. The molecule has 21 heavy (non-hydrogen) atoms. The molecule has 8 heteroatoms. The quantitative estimate of drug-likeness (QED) is 0.851. The zero-order valence-electron chi connectivity index (χ0n) is 11.0. The number of halogens is 4. The Balaban J connectivity index is 2.22. The molecule has 0 bridgehead atoms. The van der Waals surface area contributed by atoms with Crippen LogP contribution in [0.4, 0.5) is 29.2 Å². The molecule has 0 unspecified atom stereocenters. The van der Waals surface area contributed by atoms with Gasteiger partial charge in [0.2, 0.25) is 5.82 Å². The zero-order valence-corrected chi connectivity index (χ0v) is 11.0. The molecule has 0 spiro atoms. The van der Waals surface area contributed by atoms with E-state index in [4.69, 9.17) is 0 Å². The number of alkyl halides is 3. The molecule has 2 aromatic rings. The molecule has 1 aromatic carbocycles. The highest BCUT2D eigenvalue weighted by Crippen LogP contribution is 2.28. The second kappa shape index (κ2) is 5.94. The fraction of sp³-hybridized carbons (Fsp3) is 0.231. The summed E-state index contributed by atoms with van der Waals surface area (Å²) in [6.45, 7) is 0.0180. The van der Waals surface area contributed by atoms with Crippen LogP contribution in [0.15, 0.2) is 30.3 Å². The highest BCUT2D eigenvalue weighted by molar-refractivity contribution is 5.47. The molecule has 0 aliphatic carbocycles. The first kappa shape index (κ1) is 15.0. The molecule has 0 aliphatic heterocycles. The molecule has 0 amide bonds. The third kappa shape index (κ3) is 3.80. The minimum atomic E-state index is -4.65. The highest BCUT2D eigenvalue weighted by atomic mass is 19.4. The van der Waals surface area contributed by atoms with Crippen LogP contribution in [0, 0.1) is 5.82 Å². The smallest absolute Gasteiger partial charge is 0.373 e. The molecule has 1 aromatic heterocycles. The van der Waals surface area contributed by atoms with Gasteiger partial charge in [-0.25, -0.2) is 14.4 Å². The van der Waals surface area contributed by atoms with E-state index in [1.165, 1.54) is 31.3 Å². The molecule has 2 N–H and O–H groups in total. The van der Waals surface area contributed by atoms with E-state index in [-0.39, 0.29) is 18.2 Å². The van der Waals surface area contributed by atoms with Crippen molar-refractivity contribution in [3.63, 3.8) is 0 Å². The average molecular weight is 300 g/mol. The van der Waals surface area contributed by atoms with Gasteiger partial charge in [0.25, 0.3) is 0 Å². The summed E-state index contributed by atoms with van der Waals surface area (Å²) in [5.41, 5.74) is 0.329. The summed E-state index contributed by atoms with van der Waals surface area (Å²) < 4.78 is 51.5. The number of hydrogen-bond acceptors (Lipinski definition) is 4. The molecule has 0 aliphatic rings. The van der Waals surface area contributed by atoms with Crippen molar-refractivity contribution in [2.45, 2.75) is 12.7 Å². The molecule has 0 fully saturated rings. The first-order valence-corrected chi connectivity index (χ1v) is 6.01. The van der Waals surface area contributed by atoms with Gasteiger partial charge in [0.1, 0.15) is 17.5 Å². The first-order valence-electron chi connectivity index (χ1n) is 6.01. The van der Waals surface area contributed by atoms with Crippen LogP contribution in [-0.4, -0.2) is 17.0 Å². The maximum atomic E-state index is 13.4. The van der Waals surface area contributed by atoms with Gasteiger partial charge in [0, 0.05) is 25.2 Å². The number of rotatable bonds is 4. The van der Waals surface area contributed by atoms with Gasteiger partial charge < -0.3 is 10.6 Å². The van der Waals surface area contributed by atoms with Crippen molar-refractivity contribution in [1.29, 1.82) is 0 Å². The van der Waals surface area contributed by atoms with E-state index in [9.17, 15) is 17.6 Å². The van der Waals surface area contributed by atoms with E-state index >= 15 is 0 Å². The van der Waals surface area contributed by atoms with Gasteiger partial charge in [-0.1, -0.05) is 18.2 Å². The summed E-state index contributed by atoms with van der Waals surface area (Å²) in [6.07, 6.45) is -4.65. The Kier molecular flexibility index (Phi) is 4.25. The fourth-order valence-corrected chi connectivity index (χ4v) is 1.62. The number of benzene rings is 1. The summed E-state index contributed by atoms with van der Waals surface area (Å²) in [4.78, 5) is 6.72. The van der Waals surface area contributed by atoms with Crippen molar-refractivity contribution in [1.82, 2.24) is 9.97 Å². The van der Waals surface area contributed by atoms with E-state index in [2.05, 4.69) is 20.6 Å². The average Bonchev–Trinajstić information content (AvgIpc) is 2.45. The number of hydrogen-bond donors (Lipinski definition) is 2. The molecule has 0 saturated carbocycles. The van der Waals surface area contributed by atoms with Crippen LogP contribution in [0.5, 0.6) is 0 Å². The van der Waals surface area contributed by atoms with Gasteiger partial charge >= 0.3 is 6.18 Å². The Hall–Kier alpha value is -2.38. The highest BCUT2D eigenvalue weighted by Gasteiger charge is 2.35. The monoisotopic (exact) mass is 300 g/mol. The number of anilines is 2.